The number of phosphoric ester groups is 1. The number of nitrogens with zero attached hydrogens (tertiary/aromatic N) is 1. The number of amides is 1. The zero-order valence-electron chi connectivity index (χ0n) is 52.7. The SMILES string of the molecule is CCCCCCCC/C=C\C/C=C/CCC(=O)NC(COP(=O)(O)OCC[N+](C)(C)C)C(/C=C\CCCCCCCCCCCC)OC(=O)CCCCCCCCCCCCCCCCCCCCCCCCCCCCC. The van der Waals surface area contributed by atoms with Gasteiger partial charge in [0.25, 0.3) is 0 Å². The molecule has 3 atom stereocenters. The summed E-state index contributed by atoms with van der Waals surface area (Å²) in [5.74, 6) is -0.568. The lowest BCUT2D eigenvalue weighted by molar-refractivity contribution is -0.870. The number of quaternary nitrogens is 1. The van der Waals surface area contributed by atoms with E-state index < -0.39 is 20.0 Å². The van der Waals surface area contributed by atoms with Crippen molar-refractivity contribution in [3.8, 4) is 0 Å². The Morgan fingerprint density at radius 1 is 0.449 bits per heavy atom. The van der Waals surface area contributed by atoms with Gasteiger partial charge in [-0.2, -0.15) is 0 Å². The molecule has 460 valence electrons. The molecule has 0 bridgehead atoms. The number of carbonyl (C=O) groups is 2. The average molecular weight is 1120 g/mol. The number of nitrogens with one attached hydrogen (secondary N) is 1. The van der Waals surface area contributed by atoms with Crippen LogP contribution in [0.5, 0.6) is 0 Å². The maximum atomic E-state index is 13.5. The summed E-state index contributed by atoms with van der Waals surface area (Å²) < 4.78 is 30.7. The fraction of sp³-hybridized carbons (Fsp3) is 0.882. The molecule has 2 N–H and O–H groups in total. The van der Waals surface area contributed by atoms with Gasteiger partial charge in [0.05, 0.1) is 33.8 Å². The van der Waals surface area contributed by atoms with E-state index >= 15 is 0 Å². The molecule has 0 fully saturated rings. The van der Waals surface area contributed by atoms with Gasteiger partial charge in [0, 0.05) is 12.8 Å². The van der Waals surface area contributed by atoms with Gasteiger partial charge in [-0.15, -0.1) is 0 Å². The highest BCUT2D eigenvalue weighted by molar-refractivity contribution is 7.47. The normalized spacial score (nSPS) is 13.8. The van der Waals surface area contributed by atoms with Crippen molar-refractivity contribution in [2.45, 2.75) is 348 Å². The minimum atomic E-state index is -4.46. The number of carbonyl (C=O) groups excluding carboxylic acids is 2. The lowest BCUT2D eigenvalue weighted by Crippen LogP contribution is -2.47. The van der Waals surface area contributed by atoms with Crippen LogP contribution < -0.4 is 5.32 Å². The van der Waals surface area contributed by atoms with Gasteiger partial charge < -0.3 is 19.4 Å². The van der Waals surface area contributed by atoms with Crippen molar-refractivity contribution < 1.29 is 37.3 Å². The number of allylic oxidation sites excluding steroid dienone is 5. The molecule has 3 unspecified atom stereocenters. The number of hydrogen-bond donors (Lipinski definition) is 2. The molecule has 10 heteroatoms. The van der Waals surface area contributed by atoms with Crippen LogP contribution in [-0.2, 0) is 27.9 Å². The molecule has 0 aromatic carbocycles. The van der Waals surface area contributed by atoms with Gasteiger partial charge in [-0.1, -0.05) is 308 Å². The Morgan fingerprint density at radius 3 is 1.18 bits per heavy atom. The first-order chi connectivity index (χ1) is 37.9. The molecule has 0 rings (SSSR count). The largest absolute Gasteiger partial charge is 0.472 e. The van der Waals surface area contributed by atoms with Gasteiger partial charge in [0.2, 0.25) is 5.91 Å². The van der Waals surface area contributed by atoms with E-state index in [1.807, 2.05) is 39.4 Å². The minimum Gasteiger partial charge on any atom is -0.456 e. The zero-order chi connectivity index (χ0) is 57.2. The molecule has 0 radical (unpaired) electrons. The quantitative estimate of drug-likeness (QED) is 0.0205. The molecule has 1 amide bonds. The maximum absolute atomic E-state index is 13.5. The molecule has 0 spiro atoms. The summed E-state index contributed by atoms with van der Waals surface area (Å²) in [6.45, 7) is 7.00. The molecule has 0 aromatic rings. The Hall–Kier alpha value is -1.77. The molecular weight excluding hydrogens is 988 g/mol. The Bertz CT molecular complexity index is 1430. The van der Waals surface area contributed by atoms with Crippen LogP contribution in [0.1, 0.15) is 335 Å². The molecular formula is C68H132N2O7P+. The molecule has 0 aliphatic carbocycles. The summed E-state index contributed by atoms with van der Waals surface area (Å²) in [7, 11) is 1.48. The van der Waals surface area contributed by atoms with Crippen LogP contribution in [-0.4, -0.2) is 74.3 Å². The lowest BCUT2D eigenvalue weighted by Gasteiger charge is -2.27. The molecule has 0 aliphatic heterocycles. The topological polar surface area (TPSA) is 111 Å². The predicted molar refractivity (Wildman–Crippen MR) is 337 cm³/mol. The third kappa shape index (κ3) is 58.9. The van der Waals surface area contributed by atoms with Crippen LogP contribution in [0.3, 0.4) is 0 Å². The van der Waals surface area contributed by atoms with Gasteiger partial charge in [-0.25, -0.2) is 4.57 Å². The Labute approximate surface area is 485 Å². The third-order valence-corrected chi connectivity index (χ3v) is 16.3. The van der Waals surface area contributed by atoms with Gasteiger partial charge in [0.15, 0.2) is 0 Å². The number of unbranched alkanes of at least 4 members (excludes halogenated alkanes) is 42. The summed E-state index contributed by atoms with van der Waals surface area (Å²) in [6.07, 6.45) is 71.9. The standard InChI is InChI=1S/C68H131N2O7P/c1-7-10-13-16-19-22-25-28-29-30-31-32-33-34-35-36-37-38-39-40-41-43-46-49-52-55-58-61-68(72)77-66(59-56-53-50-47-44-27-24-21-18-15-12-9-3)65(64-76-78(73,74)75-63-62-70(4,5)6)69-67(71)60-57-54-51-48-45-42-26-23-20-17-14-11-8-2/h42,45,51,54,56,59,65-66H,7-41,43-44,46-50,52-53,55,57-58,60-64H2,1-6H3,(H-,69,71,73,74)/p+1/b45-42-,54-51+,59-56-. The Morgan fingerprint density at radius 2 is 0.795 bits per heavy atom. The highest BCUT2D eigenvalue weighted by Gasteiger charge is 2.30. The number of esters is 1. The van der Waals surface area contributed by atoms with Crippen LogP contribution in [0.15, 0.2) is 36.5 Å². The van der Waals surface area contributed by atoms with E-state index in [9.17, 15) is 19.0 Å². The monoisotopic (exact) mass is 1120 g/mol. The molecule has 0 saturated carbocycles. The van der Waals surface area contributed by atoms with E-state index in [1.54, 1.807) is 0 Å². The van der Waals surface area contributed by atoms with Gasteiger partial charge >= 0.3 is 13.8 Å². The summed E-state index contributed by atoms with van der Waals surface area (Å²) >= 11 is 0. The number of likely N-dealkylation sites (N-methyl/N-ethyl adjacent to an activating group) is 1. The first kappa shape index (κ1) is 76.2. The zero-order valence-corrected chi connectivity index (χ0v) is 53.6. The molecule has 9 nitrogen and oxygen atoms in total. The predicted octanol–water partition coefficient (Wildman–Crippen LogP) is 21.1. The van der Waals surface area contributed by atoms with Crippen molar-refractivity contribution in [3.05, 3.63) is 36.5 Å². The van der Waals surface area contributed by atoms with E-state index in [0.29, 0.717) is 17.4 Å². The van der Waals surface area contributed by atoms with E-state index in [0.717, 1.165) is 51.4 Å². The number of phosphoric acid groups is 1. The second-order valence-corrected chi connectivity index (χ2v) is 25.8. The van der Waals surface area contributed by atoms with Crippen molar-refractivity contribution in [1.29, 1.82) is 0 Å². The van der Waals surface area contributed by atoms with Crippen molar-refractivity contribution in [2.24, 2.45) is 0 Å². The van der Waals surface area contributed by atoms with E-state index in [1.165, 1.54) is 244 Å². The van der Waals surface area contributed by atoms with Crippen LogP contribution >= 0.6 is 7.82 Å². The first-order valence-electron chi connectivity index (χ1n) is 33.8. The van der Waals surface area contributed by atoms with Gasteiger partial charge in [-0.05, 0) is 51.0 Å². The maximum Gasteiger partial charge on any atom is 0.472 e. The van der Waals surface area contributed by atoms with Gasteiger partial charge in [-0.3, -0.25) is 18.6 Å². The Balaban J connectivity index is 4.99. The molecule has 0 saturated heterocycles. The van der Waals surface area contributed by atoms with Crippen LogP contribution in [0, 0.1) is 0 Å². The van der Waals surface area contributed by atoms with E-state index in [4.69, 9.17) is 13.8 Å². The third-order valence-electron chi connectivity index (χ3n) is 15.3. The van der Waals surface area contributed by atoms with E-state index in [-0.39, 0.29) is 37.9 Å². The fourth-order valence-electron chi connectivity index (χ4n) is 10.1. The summed E-state index contributed by atoms with van der Waals surface area (Å²) in [5.41, 5.74) is 0. The van der Waals surface area contributed by atoms with Crippen LogP contribution in [0.25, 0.3) is 0 Å². The van der Waals surface area contributed by atoms with Gasteiger partial charge in [0.1, 0.15) is 19.3 Å². The van der Waals surface area contributed by atoms with Crippen LogP contribution in [0.2, 0.25) is 0 Å². The van der Waals surface area contributed by atoms with Crippen molar-refractivity contribution in [1.82, 2.24) is 5.32 Å². The minimum absolute atomic E-state index is 0.0334. The smallest absolute Gasteiger partial charge is 0.456 e. The number of hydrogen-bond acceptors (Lipinski definition) is 6. The fourth-order valence-corrected chi connectivity index (χ4v) is 10.8. The summed E-state index contributed by atoms with van der Waals surface area (Å²) in [4.78, 5) is 37.7. The molecule has 0 aliphatic rings. The summed E-state index contributed by atoms with van der Waals surface area (Å²) in [6, 6.07) is -0.874. The van der Waals surface area contributed by atoms with Crippen molar-refractivity contribution in [3.63, 3.8) is 0 Å². The molecule has 78 heavy (non-hydrogen) atoms. The average Bonchev–Trinajstić information content (AvgIpc) is 3.40. The first-order valence-corrected chi connectivity index (χ1v) is 35.3. The highest BCUT2D eigenvalue weighted by atomic mass is 31.2. The van der Waals surface area contributed by atoms with Crippen molar-refractivity contribution in [2.75, 3.05) is 40.9 Å². The lowest BCUT2D eigenvalue weighted by atomic mass is 10.0. The number of rotatable bonds is 62. The number of ether oxygens (including phenoxy) is 1. The van der Waals surface area contributed by atoms with E-state index in [2.05, 4.69) is 44.3 Å². The second-order valence-electron chi connectivity index (χ2n) is 24.4. The molecule has 0 aromatic heterocycles. The Kier molecular flexibility index (Phi) is 57.1. The van der Waals surface area contributed by atoms with Crippen LogP contribution in [0.4, 0.5) is 0 Å². The second kappa shape index (κ2) is 58.4. The van der Waals surface area contributed by atoms with Crippen molar-refractivity contribution >= 4 is 19.7 Å². The highest BCUT2D eigenvalue weighted by Crippen LogP contribution is 2.43. The molecule has 0 heterocycles. The summed E-state index contributed by atoms with van der Waals surface area (Å²) in [5, 5.41) is 3.02.